The number of aryl methyl sites for hydroxylation is 1. The molecular weight excluding hydrogens is 490 g/mol. The molecule has 1 aliphatic rings. The van der Waals surface area contributed by atoms with Crippen molar-refractivity contribution in [3.63, 3.8) is 0 Å². The summed E-state index contributed by atoms with van der Waals surface area (Å²) in [5, 5.41) is 18.8. The van der Waals surface area contributed by atoms with Crippen LogP contribution in [0.15, 0.2) is 36.1 Å². The van der Waals surface area contributed by atoms with Gasteiger partial charge in [-0.1, -0.05) is 27.7 Å². The third-order valence-corrected chi connectivity index (χ3v) is 9.13. The van der Waals surface area contributed by atoms with Crippen LogP contribution in [0.2, 0.25) is 0 Å². The SMILES string of the molecule is CCN(CC)S(=O)(=O)c1scc(Nc2nc3c(nc2N[C@@H](c2ccc(C)o2)C(C)C)=NCN=3)c1O. The van der Waals surface area contributed by atoms with Gasteiger partial charge >= 0.3 is 0 Å². The molecule has 0 bridgehead atoms. The van der Waals surface area contributed by atoms with Gasteiger partial charge in [0.2, 0.25) is 0 Å². The molecule has 3 aromatic rings. The zero-order valence-electron chi connectivity index (χ0n) is 20.2. The van der Waals surface area contributed by atoms with Gasteiger partial charge in [0.15, 0.2) is 32.6 Å². The second-order valence-corrected chi connectivity index (χ2v) is 11.4. The van der Waals surface area contributed by atoms with Crippen LogP contribution >= 0.6 is 11.3 Å². The van der Waals surface area contributed by atoms with E-state index < -0.39 is 10.0 Å². The highest BCUT2D eigenvalue weighted by Crippen LogP contribution is 2.41. The van der Waals surface area contributed by atoms with E-state index in [1.165, 1.54) is 4.31 Å². The number of nitrogens with one attached hydrogen (secondary N) is 2. The van der Waals surface area contributed by atoms with Crippen LogP contribution in [0, 0.1) is 12.8 Å². The molecule has 11 nitrogen and oxygen atoms in total. The predicted molar refractivity (Wildman–Crippen MR) is 133 cm³/mol. The summed E-state index contributed by atoms with van der Waals surface area (Å²) in [5.74, 6) is 2.00. The molecule has 13 heteroatoms. The average molecular weight is 520 g/mol. The van der Waals surface area contributed by atoms with Crippen LogP contribution in [-0.4, -0.2) is 47.6 Å². The van der Waals surface area contributed by atoms with Crippen LogP contribution in [0.1, 0.15) is 45.3 Å². The lowest BCUT2D eigenvalue weighted by atomic mass is 10.0. The van der Waals surface area contributed by atoms with Crippen molar-refractivity contribution >= 4 is 38.7 Å². The highest BCUT2D eigenvalue weighted by atomic mass is 32.2. The second-order valence-electron chi connectivity index (χ2n) is 8.34. The topological polar surface area (TPSA) is 145 Å². The van der Waals surface area contributed by atoms with Gasteiger partial charge in [-0.15, -0.1) is 11.3 Å². The third-order valence-electron chi connectivity index (χ3n) is 5.59. The summed E-state index contributed by atoms with van der Waals surface area (Å²) in [6, 6.07) is 3.59. The lowest BCUT2D eigenvalue weighted by Gasteiger charge is -2.22. The van der Waals surface area contributed by atoms with Crippen molar-refractivity contribution in [2.75, 3.05) is 30.4 Å². The Bertz CT molecular complexity index is 1440. The maximum absolute atomic E-state index is 13.0. The molecule has 0 fully saturated rings. The fourth-order valence-electron chi connectivity index (χ4n) is 3.74. The van der Waals surface area contributed by atoms with Crippen molar-refractivity contribution in [2.24, 2.45) is 15.9 Å². The highest BCUT2D eigenvalue weighted by molar-refractivity contribution is 7.91. The number of sulfonamides is 1. The van der Waals surface area contributed by atoms with Crippen LogP contribution in [0.3, 0.4) is 0 Å². The minimum atomic E-state index is -3.82. The number of furan rings is 1. The van der Waals surface area contributed by atoms with Crippen molar-refractivity contribution in [2.45, 2.75) is 44.9 Å². The largest absolute Gasteiger partial charge is 0.504 e. The summed E-state index contributed by atoms with van der Waals surface area (Å²) < 4.78 is 32.9. The maximum Gasteiger partial charge on any atom is 0.256 e. The number of hydrogen-bond acceptors (Lipinski definition) is 11. The molecule has 35 heavy (non-hydrogen) atoms. The molecule has 0 radical (unpaired) electrons. The van der Waals surface area contributed by atoms with Crippen LogP contribution in [0.4, 0.5) is 17.3 Å². The fraction of sp³-hybridized carbons (Fsp3) is 0.455. The Kier molecular flexibility index (Phi) is 7.10. The summed E-state index contributed by atoms with van der Waals surface area (Å²) >= 11 is 0.943. The standard InChI is InChI=1S/C22H29N7O4S2/c1-6-29(7-2)35(31,32)22-17(30)14(10-34-22)25-20-21(28-19-18(27-20)23-11-24-19)26-16(12(3)4)15-9-8-13(5)33-15/h8-10,12,16,30H,6-7,11H2,1-5H3,(H,23,25,27)(H,24,26,28)/t16-/m1/s1. The lowest BCUT2D eigenvalue weighted by Crippen LogP contribution is -2.32. The summed E-state index contributed by atoms with van der Waals surface area (Å²) in [6.07, 6.45) is 0. The first-order valence-corrected chi connectivity index (χ1v) is 13.6. The van der Waals surface area contributed by atoms with E-state index in [1.807, 2.05) is 19.1 Å². The van der Waals surface area contributed by atoms with Crippen molar-refractivity contribution in [1.82, 2.24) is 14.3 Å². The van der Waals surface area contributed by atoms with E-state index >= 15 is 0 Å². The normalized spacial score (nSPS) is 14.0. The number of anilines is 3. The Morgan fingerprint density at radius 3 is 2.37 bits per heavy atom. The van der Waals surface area contributed by atoms with Crippen molar-refractivity contribution < 1.29 is 17.9 Å². The minimum absolute atomic E-state index is 0.127. The number of hydrogen-bond donors (Lipinski definition) is 3. The van der Waals surface area contributed by atoms with E-state index in [1.54, 1.807) is 19.2 Å². The summed E-state index contributed by atoms with van der Waals surface area (Å²) in [5.41, 5.74) is 0.997. The monoisotopic (exact) mass is 519 g/mol. The molecule has 3 aromatic heterocycles. The molecule has 0 amide bonds. The number of aromatic hydroxyl groups is 1. The molecule has 3 N–H and O–H groups in total. The average Bonchev–Trinajstić information content (AvgIpc) is 3.53. The molecule has 0 aromatic carbocycles. The van der Waals surface area contributed by atoms with Gasteiger partial charge in [-0.05, 0) is 25.0 Å². The van der Waals surface area contributed by atoms with Gasteiger partial charge in [-0.3, -0.25) is 0 Å². The second kappa shape index (κ2) is 9.91. The number of thiophene rings is 1. The first-order chi connectivity index (χ1) is 16.6. The lowest BCUT2D eigenvalue weighted by molar-refractivity contribution is 0.408. The van der Waals surface area contributed by atoms with E-state index in [0.717, 1.165) is 22.9 Å². The van der Waals surface area contributed by atoms with Gasteiger partial charge in [-0.25, -0.2) is 28.4 Å². The molecule has 4 heterocycles. The van der Waals surface area contributed by atoms with E-state index in [0.29, 0.717) is 35.7 Å². The zero-order valence-corrected chi connectivity index (χ0v) is 21.9. The maximum atomic E-state index is 13.0. The molecular formula is C22H29N7O4S2. The number of nitrogens with zero attached hydrogens (tertiary/aromatic N) is 5. The minimum Gasteiger partial charge on any atom is -0.504 e. The van der Waals surface area contributed by atoms with Gasteiger partial charge in [0, 0.05) is 18.5 Å². The zero-order chi connectivity index (χ0) is 25.3. The molecule has 0 saturated carbocycles. The Balaban J connectivity index is 1.73. The van der Waals surface area contributed by atoms with Gasteiger partial charge in [0.25, 0.3) is 10.0 Å². The van der Waals surface area contributed by atoms with Crippen molar-refractivity contribution in [1.29, 1.82) is 0 Å². The van der Waals surface area contributed by atoms with Crippen molar-refractivity contribution in [3.8, 4) is 5.75 Å². The van der Waals surface area contributed by atoms with Crippen LogP contribution in [0.5, 0.6) is 5.75 Å². The van der Waals surface area contributed by atoms with Crippen molar-refractivity contribution in [3.05, 3.63) is 40.0 Å². The van der Waals surface area contributed by atoms with E-state index in [4.69, 9.17) is 4.42 Å². The number of rotatable bonds is 10. The quantitative estimate of drug-likeness (QED) is 0.371. The molecule has 4 rings (SSSR count). The predicted octanol–water partition coefficient (Wildman–Crippen LogP) is 2.94. The Labute approximate surface area is 207 Å². The number of fused-ring (bicyclic) bond motifs is 1. The van der Waals surface area contributed by atoms with E-state index in [2.05, 4.69) is 44.4 Å². The van der Waals surface area contributed by atoms with Crippen LogP contribution < -0.4 is 21.6 Å². The van der Waals surface area contributed by atoms with Gasteiger partial charge < -0.3 is 20.2 Å². The third kappa shape index (κ3) is 4.88. The van der Waals surface area contributed by atoms with E-state index in [-0.39, 0.29) is 34.3 Å². The molecule has 0 saturated heterocycles. The van der Waals surface area contributed by atoms with Gasteiger partial charge in [-0.2, -0.15) is 4.31 Å². The molecule has 0 aliphatic carbocycles. The summed E-state index contributed by atoms with van der Waals surface area (Å²) in [6.45, 7) is 10.3. The fourth-order valence-corrected chi connectivity index (χ4v) is 6.57. The highest BCUT2D eigenvalue weighted by Gasteiger charge is 2.29. The molecule has 0 unspecified atom stereocenters. The molecule has 1 atom stereocenters. The summed E-state index contributed by atoms with van der Waals surface area (Å²) in [7, 11) is -3.82. The summed E-state index contributed by atoms with van der Waals surface area (Å²) in [4.78, 5) is 17.7. The smallest absolute Gasteiger partial charge is 0.256 e. The Morgan fingerprint density at radius 1 is 1.14 bits per heavy atom. The van der Waals surface area contributed by atoms with E-state index in [9.17, 15) is 13.5 Å². The molecule has 1 aliphatic heterocycles. The number of aromatic nitrogens is 2. The van der Waals surface area contributed by atoms with Crippen LogP contribution in [0.25, 0.3) is 0 Å². The van der Waals surface area contributed by atoms with Crippen LogP contribution in [-0.2, 0) is 10.0 Å². The first kappa shape index (κ1) is 25.1. The first-order valence-electron chi connectivity index (χ1n) is 11.3. The van der Waals surface area contributed by atoms with Gasteiger partial charge in [0.05, 0.1) is 11.7 Å². The molecule has 188 valence electrons. The van der Waals surface area contributed by atoms with Gasteiger partial charge in [0.1, 0.15) is 18.2 Å². The Morgan fingerprint density at radius 2 is 1.80 bits per heavy atom. The molecule has 0 spiro atoms. The Hall–Kier alpha value is -3.03.